The summed E-state index contributed by atoms with van der Waals surface area (Å²) in [6.45, 7) is 3.49. The van der Waals surface area contributed by atoms with Gasteiger partial charge in [-0.05, 0) is 42.7 Å². The van der Waals surface area contributed by atoms with Gasteiger partial charge < -0.3 is 5.11 Å². The number of nitrogens with zero attached hydrogens (tertiary/aromatic N) is 1. The fourth-order valence-corrected chi connectivity index (χ4v) is 3.47. The number of pyridine rings is 1. The van der Waals surface area contributed by atoms with Gasteiger partial charge in [-0.2, -0.15) is 0 Å². The lowest BCUT2D eigenvalue weighted by molar-refractivity contribution is 0.281. The van der Waals surface area contributed by atoms with Crippen LogP contribution in [0.1, 0.15) is 23.7 Å². The van der Waals surface area contributed by atoms with E-state index >= 15 is 0 Å². The SMILES string of the molecule is CCc1ccc(CO)cc1S(=O)(=O)Nc1ccnc(C)c1. The second kappa shape index (κ2) is 6.24. The molecule has 0 fully saturated rings. The number of benzene rings is 1. The number of anilines is 1. The van der Waals surface area contributed by atoms with Gasteiger partial charge in [0.25, 0.3) is 10.0 Å². The van der Waals surface area contributed by atoms with Crippen LogP contribution in [0.4, 0.5) is 5.69 Å². The van der Waals surface area contributed by atoms with Gasteiger partial charge >= 0.3 is 0 Å². The van der Waals surface area contributed by atoms with Crippen molar-refractivity contribution in [2.75, 3.05) is 4.72 Å². The minimum Gasteiger partial charge on any atom is -0.392 e. The Morgan fingerprint density at radius 2 is 2.00 bits per heavy atom. The molecule has 0 atom stereocenters. The quantitative estimate of drug-likeness (QED) is 0.888. The molecule has 0 aliphatic carbocycles. The summed E-state index contributed by atoms with van der Waals surface area (Å²) < 4.78 is 27.6. The van der Waals surface area contributed by atoms with E-state index in [9.17, 15) is 13.5 Å². The second-order valence-corrected chi connectivity index (χ2v) is 6.40. The summed E-state index contributed by atoms with van der Waals surface area (Å²) in [6.07, 6.45) is 2.15. The molecule has 21 heavy (non-hydrogen) atoms. The van der Waals surface area contributed by atoms with E-state index in [-0.39, 0.29) is 11.5 Å². The number of aliphatic hydroxyl groups is 1. The summed E-state index contributed by atoms with van der Waals surface area (Å²) in [4.78, 5) is 4.24. The van der Waals surface area contributed by atoms with E-state index in [1.54, 1.807) is 37.4 Å². The lowest BCUT2D eigenvalue weighted by atomic mass is 10.1. The zero-order valence-corrected chi connectivity index (χ0v) is 12.8. The standard InChI is InChI=1S/C15H18N2O3S/c1-3-13-5-4-12(10-18)9-15(13)21(19,20)17-14-6-7-16-11(2)8-14/h4-9,18H,3,10H2,1-2H3,(H,16,17). The van der Waals surface area contributed by atoms with Crippen molar-refractivity contribution in [3.8, 4) is 0 Å². The Kier molecular flexibility index (Phi) is 4.59. The molecule has 1 heterocycles. The van der Waals surface area contributed by atoms with Crippen LogP contribution < -0.4 is 4.72 Å². The third kappa shape index (κ3) is 3.59. The number of rotatable bonds is 5. The molecule has 1 aromatic heterocycles. The van der Waals surface area contributed by atoms with Gasteiger partial charge in [-0.1, -0.05) is 19.1 Å². The molecule has 0 saturated carbocycles. The van der Waals surface area contributed by atoms with Crippen LogP contribution in [-0.2, 0) is 23.1 Å². The lowest BCUT2D eigenvalue weighted by Crippen LogP contribution is -2.15. The Hall–Kier alpha value is -1.92. The third-order valence-electron chi connectivity index (χ3n) is 3.13. The van der Waals surface area contributed by atoms with Crippen molar-refractivity contribution in [1.29, 1.82) is 0 Å². The number of hydrogen-bond donors (Lipinski definition) is 2. The number of aromatic nitrogens is 1. The van der Waals surface area contributed by atoms with Gasteiger partial charge in [0.15, 0.2) is 0 Å². The Bertz CT molecular complexity index is 742. The van der Waals surface area contributed by atoms with Gasteiger partial charge in [0.05, 0.1) is 17.2 Å². The molecule has 0 unspecified atom stereocenters. The molecule has 5 nitrogen and oxygen atoms in total. The largest absolute Gasteiger partial charge is 0.392 e. The summed E-state index contributed by atoms with van der Waals surface area (Å²) in [7, 11) is -3.69. The zero-order chi connectivity index (χ0) is 15.5. The first-order valence-electron chi connectivity index (χ1n) is 6.64. The molecule has 0 aliphatic rings. The fraction of sp³-hybridized carbons (Fsp3) is 0.267. The molecule has 1 aromatic carbocycles. The molecule has 2 aromatic rings. The first-order chi connectivity index (χ1) is 9.96. The monoisotopic (exact) mass is 306 g/mol. The molecule has 112 valence electrons. The van der Waals surface area contributed by atoms with Crippen molar-refractivity contribution in [1.82, 2.24) is 4.98 Å². The maximum atomic E-state index is 12.5. The lowest BCUT2D eigenvalue weighted by Gasteiger charge is -2.13. The molecular weight excluding hydrogens is 288 g/mol. The molecule has 0 aliphatic heterocycles. The summed E-state index contributed by atoms with van der Waals surface area (Å²) in [5.41, 5.74) is 2.48. The first-order valence-corrected chi connectivity index (χ1v) is 8.12. The second-order valence-electron chi connectivity index (χ2n) is 4.75. The van der Waals surface area contributed by atoms with Crippen LogP contribution in [0.5, 0.6) is 0 Å². The predicted octanol–water partition coefficient (Wildman–Crippen LogP) is 2.25. The average molecular weight is 306 g/mol. The van der Waals surface area contributed by atoms with Crippen molar-refractivity contribution in [2.45, 2.75) is 31.8 Å². The van der Waals surface area contributed by atoms with Gasteiger partial charge in [0, 0.05) is 11.9 Å². The Balaban J connectivity index is 2.43. The van der Waals surface area contributed by atoms with Crippen LogP contribution in [0.2, 0.25) is 0 Å². The molecule has 6 heteroatoms. The molecular formula is C15H18N2O3S. The highest BCUT2D eigenvalue weighted by Crippen LogP contribution is 2.22. The number of nitrogens with one attached hydrogen (secondary N) is 1. The van der Waals surface area contributed by atoms with Gasteiger partial charge in [-0.25, -0.2) is 8.42 Å². The third-order valence-corrected chi connectivity index (χ3v) is 4.60. The minimum atomic E-state index is -3.69. The van der Waals surface area contributed by atoms with Crippen LogP contribution in [0, 0.1) is 6.92 Å². The van der Waals surface area contributed by atoms with E-state index < -0.39 is 10.0 Å². The summed E-state index contributed by atoms with van der Waals surface area (Å²) in [5.74, 6) is 0. The van der Waals surface area contributed by atoms with Gasteiger partial charge in [0.1, 0.15) is 0 Å². The summed E-state index contributed by atoms with van der Waals surface area (Å²) in [6, 6.07) is 8.24. The van der Waals surface area contributed by atoms with E-state index in [1.807, 2.05) is 6.92 Å². The van der Waals surface area contributed by atoms with Crippen molar-refractivity contribution >= 4 is 15.7 Å². The highest BCUT2D eigenvalue weighted by Gasteiger charge is 2.18. The van der Waals surface area contributed by atoms with Crippen LogP contribution in [0.3, 0.4) is 0 Å². The minimum absolute atomic E-state index is 0.194. The number of aliphatic hydroxyl groups excluding tert-OH is 1. The van der Waals surface area contributed by atoms with E-state index in [0.717, 1.165) is 5.69 Å². The van der Waals surface area contributed by atoms with E-state index in [1.165, 1.54) is 6.07 Å². The highest BCUT2D eigenvalue weighted by molar-refractivity contribution is 7.92. The Morgan fingerprint density at radius 3 is 2.62 bits per heavy atom. The Labute approximate surface area is 124 Å². The predicted molar refractivity (Wildman–Crippen MR) is 81.5 cm³/mol. The normalized spacial score (nSPS) is 11.4. The highest BCUT2D eigenvalue weighted by atomic mass is 32.2. The van der Waals surface area contributed by atoms with Crippen molar-refractivity contribution in [3.63, 3.8) is 0 Å². The Morgan fingerprint density at radius 1 is 1.24 bits per heavy atom. The van der Waals surface area contributed by atoms with Crippen molar-refractivity contribution in [2.24, 2.45) is 0 Å². The average Bonchev–Trinajstić information content (AvgIpc) is 2.46. The van der Waals surface area contributed by atoms with Crippen LogP contribution >= 0.6 is 0 Å². The van der Waals surface area contributed by atoms with Crippen molar-refractivity contribution in [3.05, 3.63) is 53.3 Å². The topological polar surface area (TPSA) is 79.3 Å². The van der Waals surface area contributed by atoms with E-state index in [4.69, 9.17) is 0 Å². The molecule has 0 radical (unpaired) electrons. The molecule has 0 amide bonds. The van der Waals surface area contributed by atoms with Crippen LogP contribution in [-0.4, -0.2) is 18.5 Å². The number of hydrogen-bond acceptors (Lipinski definition) is 4. The van der Waals surface area contributed by atoms with Gasteiger partial charge in [0.2, 0.25) is 0 Å². The molecule has 2 N–H and O–H groups in total. The number of aryl methyl sites for hydroxylation is 2. The maximum Gasteiger partial charge on any atom is 0.262 e. The smallest absolute Gasteiger partial charge is 0.262 e. The molecule has 0 bridgehead atoms. The molecule has 0 spiro atoms. The van der Waals surface area contributed by atoms with Gasteiger partial charge in [-0.15, -0.1) is 0 Å². The van der Waals surface area contributed by atoms with E-state index in [2.05, 4.69) is 9.71 Å². The fourth-order valence-electron chi connectivity index (χ4n) is 2.06. The molecule has 0 saturated heterocycles. The van der Waals surface area contributed by atoms with Crippen molar-refractivity contribution < 1.29 is 13.5 Å². The molecule has 2 rings (SSSR count). The summed E-state index contributed by atoms with van der Waals surface area (Å²) >= 11 is 0. The van der Waals surface area contributed by atoms with Crippen LogP contribution in [0.15, 0.2) is 41.4 Å². The van der Waals surface area contributed by atoms with Crippen LogP contribution in [0.25, 0.3) is 0 Å². The first kappa shape index (κ1) is 15.5. The van der Waals surface area contributed by atoms with Gasteiger partial charge in [-0.3, -0.25) is 9.71 Å². The maximum absolute atomic E-state index is 12.5. The van der Waals surface area contributed by atoms with E-state index in [0.29, 0.717) is 23.2 Å². The number of sulfonamides is 1. The summed E-state index contributed by atoms with van der Waals surface area (Å²) in [5, 5.41) is 9.19. The zero-order valence-electron chi connectivity index (χ0n) is 12.0.